The summed E-state index contributed by atoms with van der Waals surface area (Å²) in [4.78, 5) is 21.3. The maximum Gasteiger partial charge on any atom is 0.298 e. The number of carbonyl (C=O) groups excluding carboxylic acids is 1. The topological polar surface area (TPSA) is 47.9 Å². The largest absolute Gasteiger partial charge is 0.365 e. The van der Waals surface area contributed by atoms with Crippen LogP contribution in [0.2, 0.25) is 0 Å². The molecule has 0 aromatic heterocycles. The lowest BCUT2D eigenvalue weighted by Crippen LogP contribution is -2.59. The standard InChI is InChI=1S/C19H22N4O/c1-3-19(2)11-10-15-16(21-19)22-13-7-12-20-17(22)18(24)23(15)14-8-5-4-6-9-14/h4-9,12,21H,3,10-11,13H2,1-2H3. The number of nitrogens with one attached hydrogen (secondary N) is 1. The van der Waals surface area contributed by atoms with Crippen molar-refractivity contribution in [3.63, 3.8) is 0 Å². The number of benzene rings is 1. The summed E-state index contributed by atoms with van der Waals surface area (Å²) in [6, 6.07) is 9.85. The number of aliphatic imine (C=N–C) groups is 1. The van der Waals surface area contributed by atoms with Crippen molar-refractivity contribution in [2.45, 2.75) is 38.6 Å². The highest BCUT2D eigenvalue weighted by atomic mass is 16.2. The average molecular weight is 322 g/mol. The Morgan fingerprint density at radius 1 is 1.29 bits per heavy atom. The van der Waals surface area contributed by atoms with E-state index in [9.17, 15) is 4.79 Å². The lowest BCUT2D eigenvalue weighted by Gasteiger charge is -2.47. The lowest BCUT2D eigenvalue weighted by molar-refractivity contribution is -0.113. The zero-order chi connectivity index (χ0) is 16.7. The second-order valence-corrected chi connectivity index (χ2v) is 6.76. The van der Waals surface area contributed by atoms with E-state index in [0.717, 1.165) is 36.5 Å². The first-order valence-corrected chi connectivity index (χ1v) is 8.54. The zero-order valence-corrected chi connectivity index (χ0v) is 14.1. The van der Waals surface area contributed by atoms with Gasteiger partial charge in [0.25, 0.3) is 5.91 Å². The molecule has 1 amide bonds. The molecule has 3 aliphatic heterocycles. The van der Waals surface area contributed by atoms with Crippen LogP contribution in [0.5, 0.6) is 0 Å². The second-order valence-electron chi connectivity index (χ2n) is 6.76. The fourth-order valence-corrected chi connectivity index (χ4v) is 3.51. The van der Waals surface area contributed by atoms with Crippen molar-refractivity contribution in [1.82, 2.24) is 10.2 Å². The summed E-state index contributed by atoms with van der Waals surface area (Å²) >= 11 is 0. The van der Waals surface area contributed by atoms with Gasteiger partial charge in [-0.25, -0.2) is 4.99 Å². The van der Waals surface area contributed by atoms with E-state index in [1.807, 2.05) is 46.2 Å². The van der Waals surface area contributed by atoms with Gasteiger partial charge in [0.2, 0.25) is 5.84 Å². The van der Waals surface area contributed by atoms with Crippen LogP contribution in [0.4, 0.5) is 5.69 Å². The van der Waals surface area contributed by atoms with E-state index >= 15 is 0 Å². The van der Waals surface area contributed by atoms with Gasteiger partial charge in [0.1, 0.15) is 5.82 Å². The van der Waals surface area contributed by atoms with Crippen molar-refractivity contribution in [2.24, 2.45) is 4.99 Å². The number of carbonyl (C=O) groups is 1. The zero-order valence-electron chi connectivity index (χ0n) is 14.1. The number of anilines is 1. The Bertz CT molecular complexity index is 765. The Labute approximate surface area is 142 Å². The summed E-state index contributed by atoms with van der Waals surface area (Å²) in [5.41, 5.74) is 1.99. The number of fused-ring (bicyclic) bond motifs is 2. The van der Waals surface area contributed by atoms with E-state index in [-0.39, 0.29) is 11.4 Å². The molecular weight excluding hydrogens is 300 g/mol. The molecule has 3 heterocycles. The smallest absolute Gasteiger partial charge is 0.298 e. The van der Waals surface area contributed by atoms with Gasteiger partial charge >= 0.3 is 0 Å². The molecule has 0 fully saturated rings. The van der Waals surface area contributed by atoms with E-state index in [4.69, 9.17) is 0 Å². The third kappa shape index (κ3) is 2.23. The van der Waals surface area contributed by atoms with Crippen molar-refractivity contribution >= 4 is 17.4 Å². The normalized spacial score (nSPS) is 25.9. The number of amides is 1. The van der Waals surface area contributed by atoms with Crippen LogP contribution in [-0.2, 0) is 4.79 Å². The monoisotopic (exact) mass is 322 g/mol. The quantitative estimate of drug-likeness (QED) is 0.910. The highest BCUT2D eigenvalue weighted by Gasteiger charge is 2.43. The summed E-state index contributed by atoms with van der Waals surface area (Å²) in [5.74, 6) is 1.47. The molecule has 0 spiro atoms. The number of para-hydroxylation sites is 1. The lowest BCUT2D eigenvalue weighted by atomic mass is 9.87. The molecule has 124 valence electrons. The van der Waals surface area contributed by atoms with Crippen LogP contribution in [0.25, 0.3) is 0 Å². The SMILES string of the molecule is CCC1(C)CCC2=C(N1)N1CC=CN=C1C(=O)N2c1ccccc1. The van der Waals surface area contributed by atoms with Crippen molar-refractivity contribution in [2.75, 3.05) is 11.4 Å². The van der Waals surface area contributed by atoms with E-state index in [1.54, 1.807) is 6.20 Å². The van der Waals surface area contributed by atoms with Crippen molar-refractivity contribution in [3.8, 4) is 0 Å². The Hall–Kier alpha value is -2.56. The molecule has 3 aliphatic rings. The van der Waals surface area contributed by atoms with E-state index in [2.05, 4.69) is 24.2 Å². The molecule has 0 saturated carbocycles. The molecule has 1 aromatic rings. The summed E-state index contributed by atoms with van der Waals surface area (Å²) in [6.07, 6.45) is 6.63. The number of rotatable bonds is 2. The molecule has 0 aliphatic carbocycles. The Morgan fingerprint density at radius 3 is 2.83 bits per heavy atom. The van der Waals surface area contributed by atoms with E-state index in [0.29, 0.717) is 12.4 Å². The third-order valence-corrected chi connectivity index (χ3v) is 5.18. The summed E-state index contributed by atoms with van der Waals surface area (Å²) in [7, 11) is 0. The van der Waals surface area contributed by atoms with Crippen LogP contribution in [0.3, 0.4) is 0 Å². The van der Waals surface area contributed by atoms with Gasteiger partial charge < -0.3 is 10.2 Å². The molecular formula is C19H22N4O. The summed E-state index contributed by atoms with van der Waals surface area (Å²) in [5, 5.41) is 3.70. The molecule has 0 bridgehead atoms. The van der Waals surface area contributed by atoms with Crippen molar-refractivity contribution in [3.05, 3.63) is 54.1 Å². The van der Waals surface area contributed by atoms with Gasteiger partial charge in [0, 0.05) is 24.0 Å². The van der Waals surface area contributed by atoms with Crippen LogP contribution in [0.15, 0.2) is 59.1 Å². The maximum atomic E-state index is 13.1. The van der Waals surface area contributed by atoms with Crippen LogP contribution in [-0.4, -0.2) is 28.7 Å². The van der Waals surface area contributed by atoms with Gasteiger partial charge in [-0.05, 0) is 44.4 Å². The minimum Gasteiger partial charge on any atom is -0.365 e. The third-order valence-electron chi connectivity index (χ3n) is 5.18. The van der Waals surface area contributed by atoms with Gasteiger partial charge in [0.15, 0.2) is 0 Å². The van der Waals surface area contributed by atoms with Gasteiger partial charge in [-0.1, -0.05) is 25.1 Å². The fraction of sp³-hybridized carbons (Fsp3) is 0.368. The number of allylic oxidation sites excluding steroid dienone is 1. The minimum atomic E-state index is -0.0498. The molecule has 5 heteroatoms. The predicted molar refractivity (Wildman–Crippen MR) is 95.3 cm³/mol. The van der Waals surface area contributed by atoms with E-state index in [1.165, 1.54) is 0 Å². The molecule has 1 atom stereocenters. The highest BCUT2D eigenvalue weighted by molar-refractivity contribution is 6.44. The van der Waals surface area contributed by atoms with Gasteiger partial charge in [-0.15, -0.1) is 0 Å². The molecule has 0 radical (unpaired) electrons. The molecule has 1 aromatic carbocycles. The highest BCUT2D eigenvalue weighted by Crippen LogP contribution is 2.37. The molecule has 1 N–H and O–H groups in total. The number of hydrogen-bond acceptors (Lipinski definition) is 4. The summed E-state index contributed by atoms with van der Waals surface area (Å²) < 4.78 is 0. The Balaban J connectivity index is 1.86. The Kier molecular flexibility index (Phi) is 3.44. The molecule has 0 saturated heterocycles. The predicted octanol–water partition coefficient (Wildman–Crippen LogP) is 2.98. The molecule has 24 heavy (non-hydrogen) atoms. The second kappa shape index (κ2) is 5.51. The van der Waals surface area contributed by atoms with Crippen molar-refractivity contribution in [1.29, 1.82) is 0 Å². The molecule has 1 unspecified atom stereocenters. The summed E-state index contributed by atoms with van der Waals surface area (Å²) in [6.45, 7) is 5.13. The van der Waals surface area contributed by atoms with E-state index < -0.39 is 0 Å². The number of amidine groups is 1. The first-order chi connectivity index (χ1) is 11.6. The molecule has 5 nitrogen and oxygen atoms in total. The first kappa shape index (κ1) is 15.0. The van der Waals surface area contributed by atoms with Gasteiger partial charge in [-0.2, -0.15) is 0 Å². The average Bonchev–Trinajstić information content (AvgIpc) is 2.63. The maximum absolute atomic E-state index is 13.1. The first-order valence-electron chi connectivity index (χ1n) is 8.54. The number of hydrogen-bond donors (Lipinski definition) is 1. The van der Waals surface area contributed by atoms with Crippen molar-refractivity contribution < 1.29 is 4.79 Å². The fourth-order valence-electron chi connectivity index (χ4n) is 3.51. The Morgan fingerprint density at radius 2 is 2.08 bits per heavy atom. The van der Waals surface area contributed by atoms with Crippen LogP contribution >= 0.6 is 0 Å². The van der Waals surface area contributed by atoms with Crippen LogP contribution in [0.1, 0.15) is 33.1 Å². The van der Waals surface area contributed by atoms with Crippen LogP contribution in [0, 0.1) is 0 Å². The number of nitrogens with zero attached hydrogens (tertiary/aromatic N) is 3. The van der Waals surface area contributed by atoms with Gasteiger partial charge in [-0.3, -0.25) is 9.69 Å². The molecule has 4 rings (SSSR count). The minimum absolute atomic E-state index is 0.0495. The van der Waals surface area contributed by atoms with Crippen LogP contribution < -0.4 is 10.2 Å². The van der Waals surface area contributed by atoms with Gasteiger partial charge in [0.05, 0.1) is 5.70 Å².